The predicted octanol–water partition coefficient (Wildman–Crippen LogP) is 14.9. The Morgan fingerprint density at radius 2 is 1.04 bits per heavy atom. The number of rotatable bonds is 3. The summed E-state index contributed by atoms with van der Waals surface area (Å²) in [6.07, 6.45) is 6.68. The van der Waals surface area contributed by atoms with Crippen LogP contribution >= 0.6 is 0 Å². The van der Waals surface area contributed by atoms with Gasteiger partial charge in [-0.25, -0.2) is 0 Å². The molecule has 260 valence electrons. The van der Waals surface area contributed by atoms with Gasteiger partial charge in [0.2, 0.25) is 0 Å². The van der Waals surface area contributed by atoms with Crippen molar-refractivity contribution in [1.82, 2.24) is 0 Å². The summed E-state index contributed by atoms with van der Waals surface area (Å²) in [5, 5.41) is 5.27. The summed E-state index contributed by atoms with van der Waals surface area (Å²) >= 11 is 0. The van der Waals surface area contributed by atoms with E-state index in [-0.39, 0.29) is 0 Å². The summed E-state index contributed by atoms with van der Waals surface area (Å²) in [6.45, 7) is 0. The van der Waals surface area contributed by atoms with Crippen molar-refractivity contribution >= 4 is 44.7 Å². The standard InChI is InChI=1S/C55H35N/c1-3-14-34(15-4-1)51-45-31-43-38-22-11-20-33-21-12-23-39(50(33)38)44(43)32-46(45)52(35-16-5-2-6-17-35)55-42-28-29-49(40-24-13-25-41(53(40)42)54(51)55)56-47-26-9-7-18-36(47)30-37-19-8-10-27-48(37)56/h1-22,24-29,31-32,39H,23,30H2. The number of hydrogen-bond donors (Lipinski definition) is 0. The predicted molar refractivity (Wildman–Crippen MR) is 235 cm³/mol. The average molecular weight is 710 g/mol. The van der Waals surface area contributed by atoms with Crippen LogP contribution in [0.4, 0.5) is 17.1 Å². The molecule has 3 aliphatic carbocycles. The zero-order valence-electron chi connectivity index (χ0n) is 30.8. The maximum Gasteiger partial charge on any atom is 0.0540 e. The van der Waals surface area contributed by atoms with Gasteiger partial charge in [-0.2, -0.15) is 0 Å². The molecular formula is C55H35N. The summed E-state index contributed by atoms with van der Waals surface area (Å²) < 4.78 is 0. The van der Waals surface area contributed by atoms with E-state index in [0.29, 0.717) is 5.92 Å². The molecule has 1 unspecified atom stereocenters. The molecule has 0 spiro atoms. The van der Waals surface area contributed by atoms with Crippen molar-refractivity contribution in [1.29, 1.82) is 0 Å². The molecule has 1 heteroatoms. The first-order chi connectivity index (χ1) is 27.8. The van der Waals surface area contributed by atoms with E-state index in [9.17, 15) is 0 Å². The van der Waals surface area contributed by atoms with Gasteiger partial charge in [0, 0.05) is 29.1 Å². The van der Waals surface area contributed by atoms with Crippen LogP contribution < -0.4 is 4.90 Å². The summed E-state index contributed by atoms with van der Waals surface area (Å²) in [6, 6.07) is 64.1. The fourth-order valence-electron chi connectivity index (χ4n) is 10.9. The highest BCUT2D eigenvalue weighted by molar-refractivity contribution is 6.29. The van der Waals surface area contributed by atoms with Crippen LogP contribution in [0, 0.1) is 0 Å². The van der Waals surface area contributed by atoms with Crippen LogP contribution in [-0.2, 0) is 6.42 Å². The van der Waals surface area contributed by atoms with Gasteiger partial charge < -0.3 is 4.90 Å². The number of fused-ring (bicyclic) bond motifs is 9. The van der Waals surface area contributed by atoms with E-state index in [1.54, 1.807) is 0 Å². The second-order valence-electron chi connectivity index (χ2n) is 15.8. The Kier molecular flexibility index (Phi) is 6.12. The van der Waals surface area contributed by atoms with Crippen LogP contribution in [-0.4, -0.2) is 0 Å². The molecule has 4 aliphatic rings. The number of para-hydroxylation sites is 2. The lowest BCUT2D eigenvalue weighted by Gasteiger charge is -2.34. The number of anilines is 3. The second-order valence-corrected chi connectivity index (χ2v) is 15.8. The molecule has 9 aromatic carbocycles. The van der Waals surface area contributed by atoms with Gasteiger partial charge in [0.25, 0.3) is 0 Å². The maximum absolute atomic E-state index is 2.59. The minimum atomic E-state index is 0.376. The zero-order valence-corrected chi connectivity index (χ0v) is 30.8. The fourth-order valence-corrected chi connectivity index (χ4v) is 10.9. The molecule has 1 aliphatic heterocycles. The van der Waals surface area contributed by atoms with E-state index >= 15 is 0 Å². The Morgan fingerprint density at radius 3 is 1.75 bits per heavy atom. The van der Waals surface area contributed by atoms with Crippen molar-refractivity contribution in [2.45, 2.75) is 18.8 Å². The first-order valence-electron chi connectivity index (χ1n) is 19.9. The minimum Gasteiger partial charge on any atom is -0.309 e. The number of nitrogens with zero attached hydrogens (tertiary/aromatic N) is 1. The molecule has 13 rings (SSSR count). The number of hydrogen-bond acceptors (Lipinski definition) is 1. The van der Waals surface area contributed by atoms with Gasteiger partial charge in [-0.1, -0.05) is 152 Å². The quantitative estimate of drug-likeness (QED) is 0.177. The Bertz CT molecular complexity index is 3140. The monoisotopic (exact) mass is 709 g/mol. The molecule has 0 N–H and O–H groups in total. The molecule has 0 aromatic heterocycles. The normalized spacial score (nSPS) is 15.1. The van der Waals surface area contributed by atoms with E-state index in [1.165, 1.54) is 122 Å². The van der Waals surface area contributed by atoms with Crippen LogP contribution in [0.5, 0.6) is 0 Å². The maximum atomic E-state index is 2.59. The first kappa shape index (κ1) is 30.4. The lowest BCUT2D eigenvalue weighted by Crippen LogP contribution is -2.18. The van der Waals surface area contributed by atoms with Crippen LogP contribution in [0.25, 0.3) is 83.3 Å². The smallest absolute Gasteiger partial charge is 0.0540 e. The lowest BCUT2D eigenvalue weighted by molar-refractivity contribution is 0.845. The van der Waals surface area contributed by atoms with Crippen LogP contribution in [0.1, 0.15) is 40.2 Å². The Morgan fingerprint density at radius 1 is 0.429 bits per heavy atom. The first-order valence-corrected chi connectivity index (χ1v) is 19.9. The van der Waals surface area contributed by atoms with E-state index in [4.69, 9.17) is 0 Å². The summed E-state index contributed by atoms with van der Waals surface area (Å²) in [7, 11) is 0. The van der Waals surface area contributed by atoms with Crippen LogP contribution in [0.15, 0.2) is 176 Å². The minimum absolute atomic E-state index is 0.376. The summed E-state index contributed by atoms with van der Waals surface area (Å²) in [5.41, 5.74) is 24.1. The van der Waals surface area contributed by atoms with Crippen LogP contribution in [0.3, 0.4) is 0 Å². The van der Waals surface area contributed by atoms with Gasteiger partial charge in [-0.3, -0.25) is 0 Å². The van der Waals surface area contributed by atoms with Crippen molar-refractivity contribution < 1.29 is 0 Å². The molecular weight excluding hydrogens is 675 g/mol. The van der Waals surface area contributed by atoms with Gasteiger partial charge >= 0.3 is 0 Å². The van der Waals surface area contributed by atoms with Crippen molar-refractivity contribution in [3.8, 4) is 55.6 Å². The molecule has 0 bridgehead atoms. The Balaban J connectivity index is 1.17. The summed E-state index contributed by atoms with van der Waals surface area (Å²) in [5.74, 6) is 0.376. The van der Waals surface area contributed by atoms with E-state index < -0.39 is 0 Å². The van der Waals surface area contributed by atoms with Gasteiger partial charge in [-0.05, 0) is 136 Å². The van der Waals surface area contributed by atoms with Gasteiger partial charge in [-0.15, -0.1) is 0 Å². The molecule has 9 aromatic rings. The number of allylic oxidation sites excluding steroid dienone is 1. The molecule has 1 heterocycles. The van der Waals surface area contributed by atoms with E-state index in [0.717, 1.165) is 12.8 Å². The SMILES string of the molecule is C1=Cc2cccc3c2C(C1)c1cc2c(-c4ccccc4)c4c(c(-c5ccccc5)c2cc1-3)-c1cccc2c(N3c5ccccc5Cc5ccccc53)ccc-4c12. The Labute approximate surface area is 326 Å². The highest BCUT2D eigenvalue weighted by Crippen LogP contribution is 2.61. The van der Waals surface area contributed by atoms with Crippen molar-refractivity contribution in [3.05, 3.63) is 204 Å². The molecule has 1 atom stereocenters. The molecule has 0 saturated carbocycles. The zero-order chi connectivity index (χ0) is 36.5. The van der Waals surface area contributed by atoms with E-state index in [2.05, 4.69) is 187 Å². The molecule has 56 heavy (non-hydrogen) atoms. The molecule has 0 amide bonds. The van der Waals surface area contributed by atoms with Gasteiger partial charge in [0.05, 0.1) is 5.69 Å². The molecule has 1 nitrogen and oxygen atoms in total. The van der Waals surface area contributed by atoms with Gasteiger partial charge in [0.1, 0.15) is 0 Å². The Hall–Kier alpha value is -6.96. The highest BCUT2D eigenvalue weighted by Gasteiger charge is 2.36. The topological polar surface area (TPSA) is 3.24 Å². The third-order valence-corrected chi connectivity index (χ3v) is 13.1. The van der Waals surface area contributed by atoms with Crippen molar-refractivity contribution in [2.75, 3.05) is 4.90 Å². The third kappa shape index (κ3) is 3.99. The summed E-state index contributed by atoms with van der Waals surface area (Å²) in [4.78, 5) is 2.52. The number of benzene rings is 9. The fraction of sp³-hybridized carbons (Fsp3) is 0.0545. The average Bonchev–Trinajstić information content (AvgIpc) is 3.76. The third-order valence-electron chi connectivity index (χ3n) is 13.1. The largest absolute Gasteiger partial charge is 0.309 e. The molecule has 0 radical (unpaired) electrons. The molecule has 0 saturated heterocycles. The van der Waals surface area contributed by atoms with E-state index in [1.807, 2.05) is 0 Å². The lowest BCUT2D eigenvalue weighted by atomic mass is 9.80. The second kappa shape index (κ2) is 11.3. The van der Waals surface area contributed by atoms with Gasteiger partial charge in [0.15, 0.2) is 0 Å². The highest BCUT2D eigenvalue weighted by atomic mass is 15.2. The van der Waals surface area contributed by atoms with Crippen molar-refractivity contribution in [3.63, 3.8) is 0 Å². The molecule has 0 fully saturated rings. The van der Waals surface area contributed by atoms with Crippen LogP contribution in [0.2, 0.25) is 0 Å². The van der Waals surface area contributed by atoms with Crippen molar-refractivity contribution in [2.24, 2.45) is 0 Å².